The van der Waals surface area contributed by atoms with Gasteiger partial charge in [-0.1, -0.05) is 13.0 Å². The molecule has 19 heavy (non-hydrogen) atoms. The van der Waals surface area contributed by atoms with E-state index in [1.54, 1.807) is 11.3 Å². The summed E-state index contributed by atoms with van der Waals surface area (Å²) in [4.78, 5) is 6.21. The molecule has 4 nitrogen and oxygen atoms in total. The van der Waals surface area contributed by atoms with E-state index in [-0.39, 0.29) is 12.6 Å². The van der Waals surface area contributed by atoms with Gasteiger partial charge < -0.3 is 10.8 Å². The SMILES string of the molecule is CCC(N)C(c1cccs1)N1CCN(CCO)CC1. The highest BCUT2D eigenvalue weighted by Crippen LogP contribution is 2.29. The zero-order valence-electron chi connectivity index (χ0n) is 11.7. The summed E-state index contributed by atoms with van der Waals surface area (Å²) in [6.07, 6.45) is 0.999. The second kappa shape index (κ2) is 7.36. The molecule has 3 N–H and O–H groups in total. The van der Waals surface area contributed by atoms with Crippen molar-refractivity contribution < 1.29 is 5.11 Å². The Bertz CT molecular complexity index is 350. The minimum Gasteiger partial charge on any atom is -0.395 e. The molecule has 0 spiro atoms. The van der Waals surface area contributed by atoms with E-state index in [2.05, 4.69) is 34.2 Å². The Morgan fingerprint density at radius 1 is 1.37 bits per heavy atom. The molecule has 0 aliphatic carbocycles. The van der Waals surface area contributed by atoms with Crippen LogP contribution in [0.15, 0.2) is 17.5 Å². The number of rotatable bonds is 6. The van der Waals surface area contributed by atoms with Gasteiger partial charge in [-0.15, -0.1) is 11.3 Å². The lowest BCUT2D eigenvalue weighted by molar-refractivity contribution is 0.0746. The van der Waals surface area contributed by atoms with Gasteiger partial charge in [-0.25, -0.2) is 0 Å². The van der Waals surface area contributed by atoms with Crippen molar-refractivity contribution in [3.05, 3.63) is 22.4 Å². The van der Waals surface area contributed by atoms with Crippen LogP contribution in [0.25, 0.3) is 0 Å². The summed E-state index contributed by atoms with van der Waals surface area (Å²) in [7, 11) is 0. The third kappa shape index (κ3) is 3.77. The molecule has 0 bridgehead atoms. The van der Waals surface area contributed by atoms with Crippen LogP contribution in [0.1, 0.15) is 24.3 Å². The predicted molar refractivity (Wildman–Crippen MR) is 80.4 cm³/mol. The monoisotopic (exact) mass is 283 g/mol. The van der Waals surface area contributed by atoms with Gasteiger partial charge in [0, 0.05) is 43.6 Å². The lowest BCUT2D eigenvalue weighted by Gasteiger charge is -2.40. The second-order valence-corrected chi connectivity index (χ2v) is 6.11. The minimum atomic E-state index is 0.197. The first kappa shape index (κ1) is 14.9. The molecule has 108 valence electrons. The van der Waals surface area contributed by atoms with Crippen molar-refractivity contribution in [1.82, 2.24) is 9.80 Å². The molecule has 2 atom stereocenters. The quantitative estimate of drug-likeness (QED) is 0.822. The largest absolute Gasteiger partial charge is 0.395 e. The van der Waals surface area contributed by atoms with Gasteiger partial charge in [0.15, 0.2) is 0 Å². The molecule has 1 aliphatic rings. The molecule has 5 heteroatoms. The van der Waals surface area contributed by atoms with Crippen LogP contribution in [0.2, 0.25) is 0 Å². The molecule has 0 saturated carbocycles. The van der Waals surface area contributed by atoms with Gasteiger partial charge in [0.1, 0.15) is 0 Å². The Morgan fingerprint density at radius 2 is 2.11 bits per heavy atom. The number of aliphatic hydroxyl groups excluding tert-OH is 1. The van der Waals surface area contributed by atoms with E-state index in [4.69, 9.17) is 10.8 Å². The first-order chi connectivity index (χ1) is 9.26. The van der Waals surface area contributed by atoms with Crippen molar-refractivity contribution in [3.63, 3.8) is 0 Å². The number of nitrogens with zero attached hydrogens (tertiary/aromatic N) is 2. The fourth-order valence-electron chi connectivity index (χ4n) is 2.75. The molecule has 2 heterocycles. The summed E-state index contributed by atoms with van der Waals surface area (Å²) in [5.74, 6) is 0. The number of thiophene rings is 1. The normalized spacial score (nSPS) is 21.4. The van der Waals surface area contributed by atoms with Gasteiger partial charge in [0.25, 0.3) is 0 Å². The zero-order chi connectivity index (χ0) is 13.7. The number of hydrogen-bond donors (Lipinski definition) is 2. The topological polar surface area (TPSA) is 52.7 Å². The lowest BCUT2D eigenvalue weighted by atomic mass is 10.0. The van der Waals surface area contributed by atoms with Crippen LogP contribution >= 0.6 is 11.3 Å². The van der Waals surface area contributed by atoms with E-state index in [9.17, 15) is 0 Å². The van der Waals surface area contributed by atoms with Crippen LogP contribution in [0.5, 0.6) is 0 Å². The molecule has 0 radical (unpaired) electrons. The maximum Gasteiger partial charge on any atom is 0.0594 e. The number of hydrogen-bond acceptors (Lipinski definition) is 5. The summed E-state index contributed by atoms with van der Waals surface area (Å²) in [6, 6.07) is 4.85. The Hall–Kier alpha value is -0.460. The molecule has 1 aromatic heterocycles. The number of aliphatic hydroxyl groups is 1. The summed E-state index contributed by atoms with van der Waals surface area (Å²) >= 11 is 1.80. The molecule has 1 fully saturated rings. The Balaban J connectivity index is 2.00. The van der Waals surface area contributed by atoms with Gasteiger partial charge in [-0.2, -0.15) is 0 Å². The van der Waals surface area contributed by atoms with Gasteiger partial charge in [0.05, 0.1) is 12.6 Å². The maximum absolute atomic E-state index is 9.00. The van der Waals surface area contributed by atoms with E-state index in [0.29, 0.717) is 6.04 Å². The molecular formula is C14H25N3OS. The van der Waals surface area contributed by atoms with Crippen molar-refractivity contribution >= 4 is 11.3 Å². The molecule has 1 saturated heterocycles. The number of nitrogens with two attached hydrogens (primary N) is 1. The number of piperazine rings is 1. The molecular weight excluding hydrogens is 258 g/mol. The average molecular weight is 283 g/mol. The van der Waals surface area contributed by atoms with Crippen LogP contribution in [0.4, 0.5) is 0 Å². The minimum absolute atomic E-state index is 0.197. The lowest BCUT2D eigenvalue weighted by Crippen LogP contribution is -2.51. The van der Waals surface area contributed by atoms with E-state index in [1.165, 1.54) is 4.88 Å². The molecule has 0 aromatic carbocycles. The summed E-state index contributed by atoms with van der Waals surface area (Å²) in [5.41, 5.74) is 6.34. The van der Waals surface area contributed by atoms with Crippen molar-refractivity contribution in [2.75, 3.05) is 39.3 Å². The summed E-state index contributed by atoms with van der Waals surface area (Å²) in [5, 5.41) is 11.1. The highest BCUT2D eigenvalue weighted by Gasteiger charge is 2.29. The van der Waals surface area contributed by atoms with Crippen LogP contribution in [0.3, 0.4) is 0 Å². The number of β-amino-alcohol motifs (C(OH)–C–C–N with tert-alkyl or cyclic N) is 1. The van der Waals surface area contributed by atoms with Crippen molar-refractivity contribution in [2.45, 2.75) is 25.4 Å². The first-order valence-electron chi connectivity index (χ1n) is 7.12. The van der Waals surface area contributed by atoms with Crippen molar-refractivity contribution in [2.24, 2.45) is 5.73 Å². The van der Waals surface area contributed by atoms with Gasteiger partial charge in [-0.05, 0) is 17.9 Å². The summed E-state index contributed by atoms with van der Waals surface area (Å²) < 4.78 is 0. The second-order valence-electron chi connectivity index (χ2n) is 5.13. The third-order valence-corrected chi connectivity index (χ3v) is 4.87. The van der Waals surface area contributed by atoms with E-state index < -0.39 is 0 Å². The molecule has 2 rings (SSSR count). The van der Waals surface area contributed by atoms with Crippen LogP contribution in [0, 0.1) is 0 Å². The van der Waals surface area contributed by atoms with Gasteiger partial charge in [0.2, 0.25) is 0 Å². The predicted octanol–water partition coefficient (Wildman–Crippen LogP) is 1.14. The molecule has 1 aromatic rings. The van der Waals surface area contributed by atoms with Crippen molar-refractivity contribution in [3.8, 4) is 0 Å². The smallest absolute Gasteiger partial charge is 0.0594 e. The molecule has 2 unspecified atom stereocenters. The average Bonchev–Trinajstić information content (AvgIpc) is 2.95. The first-order valence-corrected chi connectivity index (χ1v) is 8.00. The fourth-order valence-corrected chi connectivity index (χ4v) is 3.69. The van der Waals surface area contributed by atoms with Crippen LogP contribution in [-0.2, 0) is 0 Å². The Kier molecular flexibility index (Phi) is 5.78. The maximum atomic E-state index is 9.00. The molecule has 1 aliphatic heterocycles. The zero-order valence-corrected chi connectivity index (χ0v) is 12.5. The van der Waals surface area contributed by atoms with Crippen molar-refractivity contribution in [1.29, 1.82) is 0 Å². The highest BCUT2D eigenvalue weighted by atomic mass is 32.1. The third-order valence-electron chi connectivity index (χ3n) is 3.93. The highest BCUT2D eigenvalue weighted by molar-refractivity contribution is 7.10. The standard InChI is InChI=1S/C14H25N3OS/c1-2-12(15)14(13-4-3-11-19-13)17-7-5-16(6-8-17)9-10-18/h3-4,11-12,14,18H,2,5-10,15H2,1H3. The van der Waals surface area contributed by atoms with E-state index in [0.717, 1.165) is 39.1 Å². The van der Waals surface area contributed by atoms with Gasteiger partial charge >= 0.3 is 0 Å². The Morgan fingerprint density at radius 3 is 2.63 bits per heavy atom. The fraction of sp³-hybridized carbons (Fsp3) is 0.714. The Labute approximate surface area is 119 Å². The summed E-state index contributed by atoms with van der Waals surface area (Å²) in [6.45, 7) is 7.33. The van der Waals surface area contributed by atoms with Gasteiger partial charge in [-0.3, -0.25) is 9.80 Å². The van der Waals surface area contributed by atoms with E-state index >= 15 is 0 Å². The van der Waals surface area contributed by atoms with Crippen LogP contribution in [-0.4, -0.2) is 60.3 Å². The van der Waals surface area contributed by atoms with E-state index in [1.807, 2.05) is 0 Å². The molecule has 0 amide bonds. The van der Waals surface area contributed by atoms with Crippen LogP contribution < -0.4 is 5.73 Å².